The molecule has 2 atom stereocenters. The lowest BCUT2D eigenvalue weighted by Gasteiger charge is -2.38. The molecular formula is C31H40N2O3. The standard InChI is InChI=1S/C31H40N2O3/c34-31-30-12-11-28(36-22-29-6-5-17-35-29)20-26(30)13-16-33(31)27-10-9-24-18-23(7-8-25(24)19-27)21-32-14-3-1-2-4-15-32/h7-8,11-12,18,20,27,29H,1-6,9-10,13-17,19,21-22H2/t27-,29-/m0/s1. The summed E-state index contributed by atoms with van der Waals surface area (Å²) in [5, 5.41) is 0. The highest BCUT2D eigenvalue weighted by Gasteiger charge is 2.32. The van der Waals surface area contributed by atoms with Gasteiger partial charge in [0.1, 0.15) is 12.4 Å². The van der Waals surface area contributed by atoms with Crippen molar-refractivity contribution in [3.8, 4) is 5.75 Å². The molecule has 0 bridgehead atoms. The molecule has 2 saturated heterocycles. The number of carbonyl (C=O) groups is 1. The van der Waals surface area contributed by atoms with Crippen LogP contribution in [0.4, 0.5) is 0 Å². The zero-order valence-electron chi connectivity index (χ0n) is 21.6. The van der Waals surface area contributed by atoms with Crippen molar-refractivity contribution in [2.75, 3.05) is 32.8 Å². The van der Waals surface area contributed by atoms with Gasteiger partial charge in [0.2, 0.25) is 0 Å². The van der Waals surface area contributed by atoms with Crippen molar-refractivity contribution < 1.29 is 14.3 Å². The molecule has 1 aliphatic carbocycles. The molecule has 0 aromatic heterocycles. The number of fused-ring (bicyclic) bond motifs is 2. The van der Waals surface area contributed by atoms with Gasteiger partial charge in [0, 0.05) is 31.3 Å². The molecule has 0 N–H and O–H groups in total. The summed E-state index contributed by atoms with van der Waals surface area (Å²) in [6.45, 7) is 5.79. The molecular weight excluding hydrogens is 448 g/mol. The molecule has 5 heteroatoms. The molecule has 0 radical (unpaired) electrons. The van der Waals surface area contributed by atoms with E-state index in [-0.39, 0.29) is 12.0 Å². The molecule has 2 aromatic rings. The first kappa shape index (κ1) is 24.0. The Bertz CT molecular complexity index is 1070. The van der Waals surface area contributed by atoms with E-state index in [9.17, 15) is 4.79 Å². The molecule has 1 amide bonds. The largest absolute Gasteiger partial charge is 0.491 e. The van der Waals surface area contributed by atoms with Gasteiger partial charge in [0.15, 0.2) is 0 Å². The Morgan fingerprint density at radius 1 is 0.861 bits per heavy atom. The number of aryl methyl sites for hydroxylation is 1. The summed E-state index contributed by atoms with van der Waals surface area (Å²) in [7, 11) is 0. The highest BCUT2D eigenvalue weighted by molar-refractivity contribution is 5.97. The van der Waals surface area contributed by atoms with Crippen LogP contribution >= 0.6 is 0 Å². The number of hydrogen-bond donors (Lipinski definition) is 0. The van der Waals surface area contributed by atoms with Gasteiger partial charge in [0.25, 0.3) is 5.91 Å². The fraction of sp³-hybridized carbons (Fsp3) is 0.581. The van der Waals surface area contributed by atoms with E-state index < -0.39 is 0 Å². The lowest BCUT2D eigenvalue weighted by atomic mass is 9.85. The summed E-state index contributed by atoms with van der Waals surface area (Å²) < 4.78 is 11.7. The zero-order valence-corrected chi connectivity index (χ0v) is 21.6. The van der Waals surface area contributed by atoms with Gasteiger partial charge in [-0.1, -0.05) is 31.0 Å². The van der Waals surface area contributed by atoms with Gasteiger partial charge < -0.3 is 14.4 Å². The summed E-state index contributed by atoms with van der Waals surface area (Å²) in [6, 6.07) is 13.4. The molecule has 36 heavy (non-hydrogen) atoms. The molecule has 5 nitrogen and oxygen atoms in total. The van der Waals surface area contributed by atoms with Crippen molar-refractivity contribution in [1.29, 1.82) is 0 Å². The average Bonchev–Trinajstić information content (AvgIpc) is 3.30. The van der Waals surface area contributed by atoms with Gasteiger partial charge in [-0.25, -0.2) is 0 Å². The molecule has 0 saturated carbocycles. The highest BCUT2D eigenvalue weighted by Crippen LogP contribution is 2.31. The van der Waals surface area contributed by atoms with Crippen molar-refractivity contribution >= 4 is 5.91 Å². The molecule has 6 rings (SSSR count). The Kier molecular flexibility index (Phi) is 7.29. The van der Waals surface area contributed by atoms with Crippen molar-refractivity contribution in [3.63, 3.8) is 0 Å². The van der Waals surface area contributed by atoms with Gasteiger partial charge in [-0.15, -0.1) is 0 Å². The van der Waals surface area contributed by atoms with Crippen LogP contribution in [0.15, 0.2) is 36.4 Å². The maximum absolute atomic E-state index is 13.5. The third-order valence-corrected chi connectivity index (χ3v) is 8.67. The van der Waals surface area contributed by atoms with Gasteiger partial charge in [-0.3, -0.25) is 9.69 Å². The van der Waals surface area contributed by atoms with Crippen molar-refractivity contribution in [2.45, 2.75) is 82.9 Å². The van der Waals surface area contributed by atoms with Crippen LogP contribution in [0.25, 0.3) is 0 Å². The number of hydrogen-bond acceptors (Lipinski definition) is 4. The van der Waals surface area contributed by atoms with Gasteiger partial charge in [-0.2, -0.15) is 0 Å². The lowest BCUT2D eigenvalue weighted by Crippen LogP contribution is -2.47. The third-order valence-electron chi connectivity index (χ3n) is 8.67. The van der Waals surface area contributed by atoms with Crippen LogP contribution in [0, 0.1) is 0 Å². The van der Waals surface area contributed by atoms with E-state index in [0.29, 0.717) is 12.6 Å². The summed E-state index contributed by atoms with van der Waals surface area (Å²) in [6.07, 6.45) is 11.8. The zero-order chi connectivity index (χ0) is 24.3. The van der Waals surface area contributed by atoms with E-state index >= 15 is 0 Å². The van der Waals surface area contributed by atoms with Crippen molar-refractivity contribution in [2.24, 2.45) is 0 Å². The van der Waals surface area contributed by atoms with Crippen molar-refractivity contribution in [3.05, 3.63) is 64.2 Å². The number of amides is 1. The third kappa shape index (κ3) is 5.33. The Hall–Kier alpha value is -2.37. The first-order chi connectivity index (χ1) is 17.7. The minimum Gasteiger partial charge on any atom is -0.491 e. The SMILES string of the molecule is O=C1c2ccc(OC[C@@H]3CCCO3)cc2CCN1[C@H]1CCc2cc(CN3CCCCCC3)ccc2C1. The van der Waals surface area contributed by atoms with Crippen molar-refractivity contribution in [1.82, 2.24) is 9.80 Å². The first-order valence-electron chi connectivity index (χ1n) is 14.2. The Labute approximate surface area is 215 Å². The predicted octanol–water partition coefficient (Wildman–Crippen LogP) is 5.18. The topological polar surface area (TPSA) is 42.0 Å². The molecule has 3 heterocycles. The number of ether oxygens (including phenoxy) is 2. The predicted molar refractivity (Wildman–Crippen MR) is 142 cm³/mol. The second-order valence-corrected chi connectivity index (χ2v) is 11.2. The van der Waals surface area contributed by atoms with Crippen LogP contribution in [-0.2, 0) is 30.5 Å². The molecule has 192 valence electrons. The van der Waals surface area contributed by atoms with E-state index in [4.69, 9.17) is 9.47 Å². The second kappa shape index (κ2) is 10.9. The quantitative estimate of drug-likeness (QED) is 0.562. The molecule has 4 aliphatic rings. The van der Waals surface area contributed by atoms with Crippen LogP contribution in [0.2, 0.25) is 0 Å². The van der Waals surface area contributed by atoms with Crippen LogP contribution in [0.1, 0.15) is 77.6 Å². The van der Waals surface area contributed by atoms with Crippen LogP contribution in [0.3, 0.4) is 0 Å². The molecule has 0 spiro atoms. The summed E-state index contributed by atoms with van der Waals surface area (Å²) in [5.74, 6) is 1.04. The number of nitrogens with zero attached hydrogens (tertiary/aromatic N) is 2. The van der Waals surface area contributed by atoms with E-state index in [2.05, 4.69) is 34.1 Å². The van der Waals surface area contributed by atoms with Crippen LogP contribution in [-0.4, -0.2) is 60.7 Å². The van der Waals surface area contributed by atoms with E-state index in [1.165, 1.54) is 55.5 Å². The minimum absolute atomic E-state index is 0.188. The fourth-order valence-corrected chi connectivity index (χ4v) is 6.59. The Morgan fingerprint density at radius 3 is 2.58 bits per heavy atom. The number of likely N-dealkylation sites (tertiary alicyclic amines) is 1. The molecule has 0 unspecified atom stereocenters. The fourth-order valence-electron chi connectivity index (χ4n) is 6.59. The van der Waals surface area contributed by atoms with Gasteiger partial charge >= 0.3 is 0 Å². The Balaban J connectivity index is 1.08. The number of carbonyl (C=O) groups excluding carboxylic acids is 1. The van der Waals surface area contributed by atoms with Crippen LogP contribution in [0.5, 0.6) is 5.75 Å². The van der Waals surface area contributed by atoms with Crippen LogP contribution < -0.4 is 4.74 Å². The maximum Gasteiger partial charge on any atom is 0.254 e. The lowest BCUT2D eigenvalue weighted by molar-refractivity contribution is 0.0638. The van der Waals surface area contributed by atoms with Gasteiger partial charge in [-0.05, 0) is 105 Å². The molecule has 2 fully saturated rings. The summed E-state index contributed by atoms with van der Waals surface area (Å²) in [4.78, 5) is 18.2. The second-order valence-electron chi connectivity index (χ2n) is 11.2. The molecule has 3 aliphatic heterocycles. The van der Waals surface area contributed by atoms with E-state index in [1.54, 1.807) is 0 Å². The molecule has 2 aromatic carbocycles. The highest BCUT2D eigenvalue weighted by atomic mass is 16.5. The number of benzene rings is 2. The maximum atomic E-state index is 13.5. The summed E-state index contributed by atoms with van der Waals surface area (Å²) in [5.41, 5.74) is 6.35. The van der Waals surface area contributed by atoms with Gasteiger partial charge in [0.05, 0.1) is 6.10 Å². The summed E-state index contributed by atoms with van der Waals surface area (Å²) >= 11 is 0. The van der Waals surface area contributed by atoms with E-state index in [1.807, 2.05) is 12.1 Å². The Morgan fingerprint density at radius 2 is 1.75 bits per heavy atom. The monoisotopic (exact) mass is 488 g/mol. The van der Waals surface area contributed by atoms with E-state index in [0.717, 1.165) is 75.1 Å². The minimum atomic E-state index is 0.188. The first-order valence-corrected chi connectivity index (χ1v) is 14.2. The average molecular weight is 489 g/mol. The normalized spacial score (nSPS) is 24.8. The smallest absolute Gasteiger partial charge is 0.254 e. The number of rotatable bonds is 6.